The SMILES string of the molecule is CC(C)CCNC(=O)C1Cc2cc(S(=O)(=O)Cl)ccc2O1. The van der Waals surface area contributed by atoms with Gasteiger partial charge >= 0.3 is 0 Å². The van der Waals surface area contributed by atoms with E-state index < -0.39 is 15.2 Å². The van der Waals surface area contributed by atoms with Crippen molar-refractivity contribution in [2.24, 2.45) is 5.92 Å². The Bertz CT molecular complexity index is 642. The second kappa shape index (κ2) is 6.23. The number of carbonyl (C=O) groups is 1. The minimum atomic E-state index is -3.77. The van der Waals surface area contributed by atoms with Crippen LogP contribution in [0, 0.1) is 5.92 Å². The molecule has 0 spiro atoms. The maximum atomic E-state index is 12.0. The Labute approximate surface area is 129 Å². The van der Waals surface area contributed by atoms with Crippen molar-refractivity contribution in [1.82, 2.24) is 5.32 Å². The predicted molar refractivity (Wildman–Crippen MR) is 80.1 cm³/mol. The lowest BCUT2D eigenvalue weighted by atomic mass is 10.1. The molecule has 0 aromatic heterocycles. The zero-order valence-corrected chi connectivity index (χ0v) is 13.5. The first-order valence-electron chi connectivity index (χ1n) is 6.79. The number of halogens is 1. The number of rotatable bonds is 5. The second-order valence-electron chi connectivity index (χ2n) is 5.49. The van der Waals surface area contributed by atoms with Gasteiger partial charge in [0.25, 0.3) is 15.0 Å². The van der Waals surface area contributed by atoms with Crippen LogP contribution < -0.4 is 10.1 Å². The van der Waals surface area contributed by atoms with Crippen LogP contribution in [0.1, 0.15) is 25.8 Å². The van der Waals surface area contributed by atoms with E-state index in [0.29, 0.717) is 30.2 Å². The zero-order valence-electron chi connectivity index (χ0n) is 11.9. The highest BCUT2D eigenvalue weighted by Crippen LogP contribution is 2.31. The molecule has 0 saturated heterocycles. The standard InChI is InChI=1S/C14H18ClNO4S/c1-9(2)5-6-16-14(17)13-8-10-7-11(21(15,18)19)3-4-12(10)20-13/h3-4,7,9,13H,5-6,8H2,1-2H3,(H,16,17). The molecule has 0 aliphatic carbocycles. The quantitative estimate of drug-likeness (QED) is 0.838. The van der Waals surface area contributed by atoms with Gasteiger partial charge in [-0.25, -0.2) is 8.42 Å². The highest BCUT2D eigenvalue weighted by molar-refractivity contribution is 8.13. The van der Waals surface area contributed by atoms with Gasteiger partial charge in [-0.3, -0.25) is 4.79 Å². The molecule has 1 N–H and O–H groups in total. The molecule has 1 aromatic carbocycles. The van der Waals surface area contributed by atoms with E-state index in [1.165, 1.54) is 18.2 Å². The first kappa shape index (κ1) is 16.1. The minimum absolute atomic E-state index is 0.0207. The minimum Gasteiger partial charge on any atom is -0.480 e. The van der Waals surface area contributed by atoms with Crippen LogP contribution in [0.25, 0.3) is 0 Å². The monoisotopic (exact) mass is 331 g/mol. The normalized spacial score (nSPS) is 17.4. The summed E-state index contributed by atoms with van der Waals surface area (Å²) in [5, 5.41) is 2.83. The molecule has 116 valence electrons. The van der Waals surface area contributed by atoms with Crippen molar-refractivity contribution in [1.29, 1.82) is 0 Å². The van der Waals surface area contributed by atoms with Gasteiger partial charge < -0.3 is 10.1 Å². The summed E-state index contributed by atoms with van der Waals surface area (Å²) in [6.07, 6.45) is 0.642. The molecule has 1 unspecified atom stereocenters. The molecule has 7 heteroatoms. The van der Waals surface area contributed by atoms with Crippen LogP contribution >= 0.6 is 10.7 Å². The molecular formula is C14H18ClNO4S. The molecule has 0 radical (unpaired) electrons. The lowest BCUT2D eigenvalue weighted by molar-refractivity contribution is -0.127. The second-order valence-corrected chi connectivity index (χ2v) is 8.06. The summed E-state index contributed by atoms with van der Waals surface area (Å²) >= 11 is 0. The molecule has 1 aliphatic rings. The van der Waals surface area contributed by atoms with Gasteiger partial charge in [0.05, 0.1) is 4.90 Å². The van der Waals surface area contributed by atoms with Crippen molar-refractivity contribution in [3.8, 4) is 5.75 Å². The Balaban J connectivity index is 2.01. The molecule has 0 saturated carbocycles. The van der Waals surface area contributed by atoms with Gasteiger partial charge in [-0.1, -0.05) is 13.8 Å². The Morgan fingerprint density at radius 3 is 2.81 bits per heavy atom. The van der Waals surface area contributed by atoms with E-state index >= 15 is 0 Å². The van der Waals surface area contributed by atoms with E-state index in [2.05, 4.69) is 19.2 Å². The summed E-state index contributed by atoms with van der Waals surface area (Å²) in [6.45, 7) is 4.78. The summed E-state index contributed by atoms with van der Waals surface area (Å²) in [4.78, 5) is 12.0. The van der Waals surface area contributed by atoms with Crippen molar-refractivity contribution in [3.05, 3.63) is 23.8 Å². The summed E-state index contributed by atoms with van der Waals surface area (Å²) < 4.78 is 28.1. The highest BCUT2D eigenvalue weighted by Gasteiger charge is 2.30. The fraction of sp³-hybridized carbons (Fsp3) is 0.500. The van der Waals surface area contributed by atoms with Crippen LogP contribution in [0.3, 0.4) is 0 Å². The smallest absolute Gasteiger partial charge is 0.261 e. The van der Waals surface area contributed by atoms with Crippen LogP contribution in [0.4, 0.5) is 0 Å². The average Bonchev–Trinajstić information content (AvgIpc) is 2.79. The number of carbonyl (C=O) groups excluding carboxylic acids is 1. The number of fused-ring (bicyclic) bond motifs is 1. The summed E-state index contributed by atoms with van der Waals surface area (Å²) in [5.41, 5.74) is 0.681. The van der Waals surface area contributed by atoms with Gasteiger partial charge in [0, 0.05) is 23.6 Å². The average molecular weight is 332 g/mol. The van der Waals surface area contributed by atoms with Gasteiger partial charge in [0.1, 0.15) is 5.75 Å². The molecule has 0 bridgehead atoms. The van der Waals surface area contributed by atoms with Crippen molar-refractivity contribution >= 4 is 25.6 Å². The van der Waals surface area contributed by atoms with Crippen molar-refractivity contribution in [2.75, 3.05) is 6.54 Å². The van der Waals surface area contributed by atoms with E-state index in [-0.39, 0.29) is 10.8 Å². The van der Waals surface area contributed by atoms with Gasteiger partial charge in [-0.2, -0.15) is 0 Å². The van der Waals surface area contributed by atoms with E-state index in [9.17, 15) is 13.2 Å². The zero-order chi connectivity index (χ0) is 15.6. The number of ether oxygens (including phenoxy) is 1. The molecule has 1 atom stereocenters. The number of hydrogen-bond acceptors (Lipinski definition) is 4. The third-order valence-electron chi connectivity index (χ3n) is 3.30. The van der Waals surface area contributed by atoms with E-state index in [0.717, 1.165) is 6.42 Å². The molecule has 1 aromatic rings. The number of nitrogens with one attached hydrogen (secondary N) is 1. The van der Waals surface area contributed by atoms with Crippen LogP contribution in [-0.4, -0.2) is 27.0 Å². The number of benzene rings is 1. The Morgan fingerprint density at radius 1 is 1.48 bits per heavy atom. The van der Waals surface area contributed by atoms with Crippen molar-refractivity contribution in [2.45, 2.75) is 37.7 Å². The Hall–Kier alpha value is -1.27. The van der Waals surface area contributed by atoms with Gasteiger partial charge in [0.15, 0.2) is 6.10 Å². The fourth-order valence-electron chi connectivity index (χ4n) is 2.12. The largest absolute Gasteiger partial charge is 0.480 e. The maximum Gasteiger partial charge on any atom is 0.261 e. The van der Waals surface area contributed by atoms with Crippen LogP contribution in [0.15, 0.2) is 23.1 Å². The molecule has 0 fully saturated rings. The predicted octanol–water partition coefficient (Wildman–Crippen LogP) is 2.08. The Kier molecular flexibility index (Phi) is 4.78. The van der Waals surface area contributed by atoms with Crippen LogP contribution in [0.5, 0.6) is 5.75 Å². The van der Waals surface area contributed by atoms with E-state index in [1.807, 2.05) is 0 Å². The third kappa shape index (κ3) is 4.11. The number of amides is 1. The first-order valence-corrected chi connectivity index (χ1v) is 9.10. The maximum absolute atomic E-state index is 12.0. The highest BCUT2D eigenvalue weighted by atomic mass is 35.7. The topological polar surface area (TPSA) is 72.5 Å². The van der Waals surface area contributed by atoms with Crippen molar-refractivity contribution in [3.63, 3.8) is 0 Å². The lowest BCUT2D eigenvalue weighted by Gasteiger charge is -2.12. The molecule has 2 rings (SSSR count). The first-order chi connectivity index (χ1) is 9.77. The summed E-state index contributed by atoms with van der Waals surface area (Å²) in [6, 6.07) is 4.37. The van der Waals surface area contributed by atoms with Gasteiger partial charge in [-0.05, 0) is 36.1 Å². The third-order valence-corrected chi connectivity index (χ3v) is 4.65. The summed E-state index contributed by atoms with van der Waals surface area (Å²) in [5.74, 6) is 0.869. The van der Waals surface area contributed by atoms with E-state index in [4.69, 9.17) is 15.4 Å². The van der Waals surface area contributed by atoms with E-state index in [1.54, 1.807) is 0 Å². The van der Waals surface area contributed by atoms with Crippen LogP contribution in [0.2, 0.25) is 0 Å². The lowest BCUT2D eigenvalue weighted by Crippen LogP contribution is -2.38. The molecule has 1 aliphatic heterocycles. The van der Waals surface area contributed by atoms with Gasteiger partial charge in [0.2, 0.25) is 0 Å². The number of hydrogen-bond donors (Lipinski definition) is 1. The molecule has 1 heterocycles. The van der Waals surface area contributed by atoms with Crippen molar-refractivity contribution < 1.29 is 17.9 Å². The molecule has 1 amide bonds. The molecule has 21 heavy (non-hydrogen) atoms. The summed E-state index contributed by atoms with van der Waals surface area (Å²) in [7, 11) is 1.54. The van der Waals surface area contributed by atoms with Gasteiger partial charge in [-0.15, -0.1) is 0 Å². The fourth-order valence-corrected chi connectivity index (χ4v) is 2.92. The molecule has 5 nitrogen and oxygen atoms in total. The molecular weight excluding hydrogens is 314 g/mol. The Morgan fingerprint density at radius 2 is 2.19 bits per heavy atom. The van der Waals surface area contributed by atoms with Crippen LogP contribution in [-0.2, 0) is 20.3 Å².